The summed E-state index contributed by atoms with van der Waals surface area (Å²) in [6.07, 6.45) is -0.879. The molecule has 3 aromatic rings. The zero-order valence-corrected chi connectivity index (χ0v) is 22.2. The van der Waals surface area contributed by atoms with Crippen LogP contribution in [-0.4, -0.2) is 64.3 Å². The number of aromatic nitrogens is 1. The number of carbonyl (C=O) groups excluding carboxylic acids is 1. The van der Waals surface area contributed by atoms with Gasteiger partial charge in [0.1, 0.15) is 0 Å². The van der Waals surface area contributed by atoms with Crippen LogP contribution in [0.5, 0.6) is 0 Å². The molecule has 1 saturated heterocycles. The highest BCUT2D eigenvalue weighted by Crippen LogP contribution is 2.39. The fourth-order valence-corrected chi connectivity index (χ4v) is 4.85. The molecule has 1 aromatic heterocycles. The third kappa shape index (κ3) is 7.23. The van der Waals surface area contributed by atoms with Crippen molar-refractivity contribution in [3.63, 3.8) is 0 Å². The smallest absolute Gasteiger partial charge is 0.421 e. The fraction of sp³-hybridized carbons (Fsp3) is 0.400. The topological polar surface area (TPSA) is 65.9 Å². The number of piperazine rings is 1. The molecular formula is C30H34F3N3O3. The summed E-state index contributed by atoms with van der Waals surface area (Å²) in [6, 6.07) is 17.7. The molecule has 1 unspecified atom stereocenters. The molecule has 0 spiro atoms. The van der Waals surface area contributed by atoms with Gasteiger partial charge in [-0.2, -0.15) is 13.2 Å². The normalized spacial score (nSPS) is 18.5. The Morgan fingerprint density at radius 2 is 1.54 bits per heavy atom. The van der Waals surface area contributed by atoms with Crippen LogP contribution in [0.15, 0.2) is 73.1 Å². The van der Waals surface area contributed by atoms with Crippen LogP contribution in [0.3, 0.4) is 0 Å². The van der Waals surface area contributed by atoms with Gasteiger partial charge >= 0.3 is 12.1 Å². The maximum Gasteiger partial charge on any atom is 0.421 e. The maximum atomic E-state index is 13.2. The number of rotatable bonds is 9. The molecule has 2 aromatic carbocycles. The molecule has 2 heterocycles. The predicted octanol–water partition coefficient (Wildman–Crippen LogP) is 5.16. The first-order valence-corrected chi connectivity index (χ1v) is 13.1. The number of benzene rings is 2. The van der Waals surface area contributed by atoms with Crippen molar-refractivity contribution in [2.24, 2.45) is 0 Å². The van der Waals surface area contributed by atoms with Crippen LogP contribution in [0, 0.1) is 0 Å². The van der Waals surface area contributed by atoms with E-state index in [2.05, 4.69) is 14.8 Å². The number of pyridine rings is 1. The molecule has 9 heteroatoms. The van der Waals surface area contributed by atoms with Crippen molar-refractivity contribution in [3.05, 3.63) is 89.7 Å². The summed E-state index contributed by atoms with van der Waals surface area (Å²) in [5.41, 5.74) is 0.768. The van der Waals surface area contributed by atoms with E-state index < -0.39 is 11.8 Å². The zero-order valence-electron chi connectivity index (χ0n) is 22.2. The highest BCUT2D eigenvalue weighted by atomic mass is 19.4. The molecule has 1 aliphatic rings. The summed E-state index contributed by atoms with van der Waals surface area (Å²) in [7, 11) is 0. The first kappa shape index (κ1) is 28.7. The van der Waals surface area contributed by atoms with E-state index in [1.807, 2.05) is 36.4 Å². The average Bonchev–Trinajstić information content (AvgIpc) is 2.91. The minimum atomic E-state index is -4.76. The number of carbonyl (C=O) groups is 1. The Kier molecular flexibility index (Phi) is 9.04. The van der Waals surface area contributed by atoms with E-state index in [0.29, 0.717) is 19.6 Å². The minimum Gasteiger partial charge on any atom is -0.466 e. The van der Waals surface area contributed by atoms with Gasteiger partial charge in [-0.3, -0.25) is 19.6 Å². The van der Waals surface area contributed by atoms with Crippen LogP contribution in [0.2, 0.25) is 0 Å². The molecule has 1 aliphatic heterocycles. The lowest BCUT2D eigenvalue weighted by Crippen LogP contribution is -2.53. The lowest BCUT2D eigenvalue weighted by molar-refractivity contribution is -0.258. The summed E-state index contributed by atoms with van der Waals surface area (Å²) < 4.78 is 44.7. The van der Waals surface area contributed by atoms with Crippen LogP contribution in [0.1, 0.15) is 37.0 Å². The first-order valence-electron chi connectivity index (χ1n) is 13.1. The van der Waals surface area contributed by atoms with Gasteiger partial charge in [0.05, 0.1) is 13.0 Å². The van der Waals surface area contributed by atoms with Gasteiger partial charge < -0.3 is 9.84 Å². The minimum absolute atomic E-state index is 0.00767. The number of alkyl halides is 3. The molecule has 6 nitrogen and oxygen atoms in total. The second-order valence-electron chi connectivity index (χ2n) is 10.1. The number of nitrogens with zero attached hydrogens (tertiary/aromatic N) is 3. The standard InChI is InChI=1S/C30H34F3N3O3/c1-3-39-28(37)18-27-21-35(19-23-12-14-34-15-13-23)16-17-36(27)20-22-4-6-24(7-5-22)25-8-10-26(11-9-25)29(2,38)30(31,32)33/h4-15,27,38H,3,16-21H2,1-2H3/t27-,29?/m0/s1. The lowest BCUT2D eigenvalue weighted by Gasteiger charge is -2.41. The van der Waals surface area contributed by atoms with Crippen LogP contribution in [-0.2, 0) is 28.2 Å². The van der Waals surface area contributed by atoms with E-state index >= 15 is 0 Å². The average molecular weight is 542 g/mol. The van der Waals surface area contributed by atoms with Crippen molar-refractivity contribution in [1.82, 2.24) is 14.8 Å². The van der Waals surface area contributed by atoms with E-state index in [-0.39, 0.29) is 17.6 Å². The van der Waals surface area contributed by atoms with E-state index in [9.17, 15) is 23.1 Å². The van der Waals surface area contributed by atoms with Gasteiger partial charge in [0.25, 0.3) is 0 Å². The molecular weight excluding hydrogens is 507 g/mol. The fourth-order valence-electron chi connectivity index (χ4n) is 4.85. The molecule has 0 bridgehead atoms. The van der Waals surface area contributed by atoms with Crippen molar-refractivity contribution in [3.8, 4) is 11.1 Å². The largest absolute Gasteiger partial charge is 0.466 e. The molecule has 39 heavy (non-hydrogen) atoms. The van der Waals surface area contributed by atoms with Gasteiger partial charge in [-0.25, -0.2) is 0 Å². The van der Waals surface area contributed by atoms with Crippen molar-refractivity contribution in [1.29, 1.82) is 0 Å². The molecule has 0 amide bonds. The van der Waals surface area contributed by atoms with Crippen LogP contribution < -0.4 is 0 Å². The molecule has 0 aliphatic carbocycles. The summed E-state index contributed by atoms with van der Waals surface area (Å²) in [5.74, 6) is -0.207. The zero-order chi connectivity index (χ0) is 28.0. The van der Waals surface area contributed by atoms with Crippen molar-refractivity contribution in [2.75, 3.05) is 26.2 Å². The van der Waals surface area contributed by atoms with Gasteiger partial charge in [0.2, 0.25) is 0 Å². The quantitative estimate of drug-likeness (QED) is 0.378. The first-order chi connectivity index (χ1) is 18.6. The van der Waals surface area contributed by atoms with Crippen molar-refractivity contribution >= 4 is 5.97 Å². The highest BCUT2D eigenvalue weighted by molar-refractivity contribution is 5.70. The number of halogens is 3. The van der Waals surface area contributed by atoms with Gasteiger partial charge in [-0.1, -0.05) is 48.5 Å². The van der Waals surface area contributed by atoms with E-state index in [0.717, 1.165) is 49.8 Å². The number of hydrogen-bond acceptors (Lipinski definition) is 6. The van der Waals surface area contributed by atoms with Gasteiger partial charge in [-0.15, -0.1) is 0 Å². The second-order valence-corrected chi connectivity index (χ2v) is 10.1. The molecule has 2 atom stereocenters. The van der Waals surface area contributed by atoms with E-state index in [1.54, 1.807) is 31.5 Å². The van der Waals surface area contributed by atoms with E-state index in [1.165, 1.54) is 17.7 Å². The number of aliphatic hydroxyl groups is 1. The Morgan fingerprint density at radius 3 is 2.13 bits per heavy atom. The van der Waals surface area contributed by atoms with Crippen molar-refractivity contribution in [2.45, 2.75) is 51.2 Å². The Hall–Kier alpha value is -3.27. The summed E-state index contributed by atoms with van der Waals surface area (Å²) >= 11 is 0. The molecule has 0 radical (unpaired) electrons. The van der Waals surface area contributed by atoms with Crippen molar-refractivity contribution < 1.29 is 27.8 Å². The molecule has 1 N–H and O–H groups in total. The van der Waals surface area contributed by atoms with Crippen LogP contribution in [0.4, 0.5) is 13.2 Å². The highest BCUT2D eigenvalue weighted by Gasteiger charge is 2.51. The number of hydrogen-bond donors (Lipinski definition) is 1. The Morgan fingerprint density at radius 1 is 0.949 bits per heavy atom. The Bertz CT molecular complexity index is 1220. The predicted molar refractivity (Wildman–Crippen MR) is 142 cm³/mol. The number of esters is 1. The third-order valence-electron chi connectivity index (χ3n) is 7.22. The molecule has 0 saturated carbocycles. The van der Waals surface area contributed by atoms with Gasteiger partial charge in [-0.05, 0) is 53.8 Å². The van der Waals surface area contributed by atoms with Gasteiger partial charge in [0.15, 0.2) is 5.60 Å². The lowest BCUT2D eigenvalue weighted by atomic mass is 9.93. The molecule has 208 valence electrons. The molecule has 4 rings (SSSR count). The maximum absolute atomic E-state index is 13.2. The summed E-state index contributed by atoms with van der Waals surface area (Å²) in [4.78, 5) is 21.1. The van der Waals surface area contributed by atoms with Crippen LogP contribution >= 0.6 is 0 Å². The monoisotopic (exact) mass is 541 g/mol. The Labute approximate surface area is 227 Å². The third-order valence-corrected chi connectivity index (χ3v) is 7.22. The SMILES string of the molecule is CCOC(=O)C[C@H]1CN(Cc2ccncc2)CCN1Cc1ccc(-c2ccc(C(C)(O)C(F)(F)F)cc2)cc1. The molecule has 1 fully saturated rings. The van der Waals surface area contributed by atoms with Crippen LogP contribution in [0.25, 0.3) is 11.1 Å². The van der Waals surface area contributed by atoms with Gasteiger partial charge in [0, 0.05) is 51.2 Å². The second kappa shape index (κ2) is 12.3. The summed E-state index contributed by atoms with van der Waals surface area (Å²) in [5, 5.41) is 9.91. The summed E-state index contributed by atoms with van der Waals surface area (Å²) in [6.45, 7) is 6.79. The van der Waals surface area contributed by atoms with E-state index in [4.69, 9.17) is 4.74 Å². The number of ether oxygens (including phenoxy) is 1. The Balaban J connectivity index is 1.43.